The predicted molar refractivity (Wildman–Crippen MR) is 80.6 cm³/mol. The molecule has 4 nitrogen and oxygen atoms in total. The lowest BCUT2D eigenvalue weighted by atomic mass is 10.2. The summed E-state index contributed by atoms with van der Waals surface area (Å²) in [4.78, 5) is 0. The summed E-state index contributed by atoms with van der Waals surface area (Å²) >= 11 is 0. The first kappa shape index (κ1) is 15.5. The highest BCUT2D eigenvalue weighted by atomic mass is 19.1. The largest absolute Gasteiger partial charge is 0.485 e. The van der Waals surface area contributed by atoms with Crippen LogP contribution in [-0.4, -0.2) is 15.8 Å². The van der Waals surface area contributed by atoms with Crippen molar-refractivity contribution in [2.24, 2.45) is 0 Å². The molecule has 0 amide bonds. The third-order valence-electron chi connectivity index (χ3n) is 3.14. The molecule has 0 saturated heterocycles. The van der Waals surface area contributed by atoms with Crippen LogP contribution in [0.4, 0.5) is 4.39 Å². The third-order valence-corrected chi connectivity index (χ3v) is 3.14. The van der Waals surface area contributed by atoms with Crippen LogP contribution in [0.1, 0.15) is 31.9 Å². The first-order chi connectivity index (χ1) is 10.1. The molecule has 0 aliphatic carbocycles. The van der Waals surface area contributed by atoms with Gasteiger partial charge in [0, 0.05) is 36.5 Å². The van der Waals surface area contributed by atoms with Gasteiger partial charge in [0.1, 0.15) is 6.61 Å². The average molecular weight is 291 g/mol. The van der Waals surface area contributed by atoms with Crippen molar-refractivity contribution < 1.29 is 9.13 Å². The fourth-order valence-corrected chi connectivity index (χ4v) is 1.98. The highest BCUT2D eigenvalue weighted by molar-refractivity contribution is 5.35. The summed E-state index contributed by atoms with van der Waals surface area (Å²) < 4.78 is 21.5. The molecule has 0 bridgehead atoms. The topological polar surface area (TPSA) is 39.1 Å². The van der Waals surface area contributed by atoms with Gasteiger partial charge in [-0.2, -0.15) is 5.10 Å². The number of hydrogen-bond acceptors (Lipinski definition) is 3. The van der Waals surface area contributed by atoms with Crippen LogP contribution in [0.15, 0.2) is 30.6 Å². The van der Waals surface area contributed by atoms with Crippen LogP contribution >= 0.6 is 0 Å². The number of aromatic nitrogens is 2. The molecular formula is C16H22FN3O. The summed E-state index contributed by atoms with van der Waals surface area (Å²) in [5, 5.41) is 7.46. The minimum Gasteiger partial charge on any atom is -0.485 e. The van der Waals surface area contributed by atoms with Gasteiger partial charge in [0.05, 0.1) is 6.20 Å². The van der Waals surface area contributed by atoms with E-state index in [0.717, 1.165) is 17.7 Å². The zero-order valence-electron chi connectivity index (χ0n) is 12.8. The average Bonchev–Trinajstić information content (AvgIpc) is 2.92. The van der Waals surface area contributed by atoms with Gasteiger partial charge in [-0.15, -0.1) is 0 Å². The molecule has 1 aromatic heterocycles. The van der Waals surface area contributed by atoms with E-state index >= 15 is 0 Å². The summed E-state index contributed by atoms with van der Waals surface area (Å²) in [6.45, 7) is 7.83. The van der Waals surface area contributed by atoms with Gasteiger partial charge in [0.15, 0.2) is 11.6 Å². The number of nitrogens with one attached hydrogen (secondary N) is 1. The number of halogens is 1. The number of aryl methyl sites for hydroxylation is 1. The van der Waals surface area contributed by atoms with Gasteiger partial charge in [-0.25, -0.2) is 4.39 Å². The molecule has 0 fully saturated rings. The van der Waals surface area contributed by atoms with Gasteiger partial charge in [-0.05, 0) is 13.0 Å². The minimum atomic E-state index is -0.332. The van der Waals surface area contributed by atoms with Gasteiger partial charge in [0.25, 0.3) is 0 Å². The number of benzene rings is 1. The fraction of sp³-hybridized carbons (Fsp3) is 0.438. The van der Waals surface area contributed by atoms with Gasteiger partial charge in [-0.1, -0.05) is 26.0 Å². The van der Waals surface area contributed by atoms with E-state index in [-0.39, 0.29) is 5.82 Å². The first-order valence-corrected chi connectivity index (χ1v) is 7.25. The van der Waals surface area contributed by atoms with Crippen LogP contribution in [0.25, 0.3) is 0 Å². The van der Waals surface area contributed by atoms with Crippen molar-refractivity contribution in [3.05, 3.63) is 47.5 Å². The Labute approximate surface area is 124 Å². The molecule has 0 atom stereocenters. The second-order valence-corrected chi connectivity index (χ2v) is 5.26. The second-order valence-electron chi connectivity index (χ2n) is 5.26. The zero-order valence-corrected chi connectivity index (χ0v) is 12.8. The maximum absolute atomic E-state index is 14.0. The van der Waals surface area contributed by atoms with Crippen molar-refractivity contribution >= 4 is 0 Å². The van der Waals surface area contributed by atoms with Gasteiger partial charge in [-0.3, -0.25) is 4.68 Å². The lowest BCUT2D eigenvalue weighted by Gasteiger charge is -2.14. The van der Waals surface area contributed by atoms with E-state index in [2.05, 4.69) is 24.3 Å². The summed E-state index contributed by atoms with van der Waals surface area (Å²) in [6, 6.07) is 5.34. The van der Waals surface area contributed by atoms with Crippen molar-refractivity contribution in [2.45, 2.75) is 46.5 Å². The Hall–Kier alpha value is -1.88. The van der Waals surface area contributed by atoms with Crippen molar-refractivity contribution in [3.63, 3.8) is 0 Å². The Morgan fingerprint density at radius 3 is 2.86 bits per heavy atom. The predicted octanol–water partition coefficient (Wildman–Crippen LogP) is 3.12. The highest BCUT2D eigenvalue weighted by Crippen LogP contribution is 2.23. The maximum atomic E-state index is 14.0. The van der Waals surface area contributed by atoms with Crippen LogP contribution in [-0.2, 0) is 19.7 Å². The number of hydrogen-bond donors (Lipinski definition) is 1. The van der Waals surface area contributed by atoms with E-state index in [1.54, 1.807) is 12.3 Å². The van der Waals surface area contributed by atoms with Crippen LogP contribution in [0.3, 0.4) is 0 Å². The molecule has 0 saturated carbocycles. The fourth-order valence-electron chi connectivity index (χ4n) is 1.98. The molecule has 0 unspecified atom stereocenters. The van der Waals surface area contributed by atoms with Gasteiger partial charge in [0.2, 0.25) is 0 Å². The molecule has 114 valence electrons. The molecule has 0 aliphatic rings. The SMILES string of the molecule is CCn1cc(COc2c(F)cccc2CNC(C)C)cn1. The summed E-state index contributed by atoms with van der Waals surface area (Å²) in [6.07, 6.45) is 3.66. The Balaban J connectivity index is 2.07. The summed E-state index contributed by atoms with van der Waals surface area (Å²) in [5.41, 5.74) is 1.76. The summed E-state index contributed by atoms with van der Waals surface area (Å²) in [7, 11) is 0. The Morgan fingerprint density at radius 1 is 1.38 bits per heavy atom. The van der Waals surface area contributed by atoms with Crippen molar-refractivity contribution in [1.82, 2.24) is 15.1 Å². The molecule has 0 spiro atoms. The lowest BCUT2D eigenvalue weighted by Crippen LogP contribution is -2.22. The summed E-state index contributed by atoms with van der Waals surface area (Å²) in [5.74, 6) is -0.0177. The molecular weight excluding hydrogens is 269 g/mol. The number of rotatable bonds is 7. The quantitative estimate of drug-likeness (QED) is 0.852. The van der Waals surface area contributed by atoms with Crippen molar-refractivity contribution in [1.29, 1.82) is 0 Å². The molecule has 1 N–H and O–H groups in total. The second kappa shape index (κ2) is 7.22. The van der Waals surface area contributed by atoms with E-state index in [4.69, 9.17) is 4.74 Å². The highest BCUT2D eigenvalue weighted by Gasteiger charge is 2.11. The number of nitrogens with zero attached hydrogens (tertiary/aromatic N) is 2. The van der Waals surface area contributed by atoms with Crippen LogP contribution < -0.4 is 10.1 Å². The maximum Gasteiger partial charge on any atom is 0.165 e. The minimum absolute atomic E-state index is 0.315. The van der Waals surface area contributed by atoms with Crippen molar-refractivity contribution in [3.8, 4) is 5.75 Å². The molecule has 2 aromatic rings. The molecule has 1 heterocycles. The molecule has 2 rings (SSSR count). The Morgan fingerprint density at radius 2 is 2.19 bits per heavy atom. The molecule has 21 heavy (non-hydrogen) atoms. The molecule has 1 aromatic carbocycles. The first-order valence-electron chi connectivity index (χ1n) is 7.25. The van der Waals surface area contributed by atoms with Crippen LogP contribution in [0, 0.1) is 5.82 Å². The van der Waals surface area contributed by atoms with E-state index in [1.165, 1.54) is 6.07 Å². The smallest absolute Gasteiger partial charge is 0.165 e. The lowest BCUT2D eigenvalue weighted by molar-refractivity contribution is 0.285. The number of para-hydroxylation sites is 1. The zero-order chi connectivity index (χ0) is 15.2. The monoisotopic (exact) mass is 291 g/mol. The van der Waals surface area contributed by atoms with E-state index in [9.17, 15) is 4.39 Å². The molecule has 0 aliphatic heterocycles. The normalized spacial score (nSPS) is 11.1. The van der Waals surface area contributed by atoms with Crippen molar-refractivity contribution in [2.75, 3.05) is 0 Å². The Kier molecular flexibility index (Phi) is 5.33. The third kappa shape index (κ3) is 4.29. The van der Waals surface area contributed by atoms with Gasteiger partial charge < -0.3 is 10.1 Å². The van der Waals surface area contributed by atoms with E-state index in [0.29, 0.717) is 24.9 Å². The standard InChI is InChI=1S/C16H22FN3O/c1-4-20-10-13(8-19-20)11-21-16-14(9-18-12(2)3)6-5-7-15(16)17/h5-8,10,12,18H,4,9,11H2,1-3H3. The van der Waals surface area contributed by atoms with Gasteiger partial charge >= 0.3 is 0 Å². The van der Waals surface area contributed by atoms with E-state index in [1.807, 2.05) is 23.9 Å². The van der Waals surface area contributed by atoms with Crippen LogP contribution in [0.2, 0.25) is 0 Å². The van der Waals surface area contributed by atoms with Crippen LogP contribution in [0.5, 0.6) is 5.75 Å². The molecule has 5 heteroatoms. The molecule has 0 radical (unpaired) electrons. The van der Waals surface area contributed by atoms with E-state index < -0.39 is 0 Å². The number of ether oxygens (including phenoxy) is 1. The Bertz CT molecular complexity index is 581.